The lowest BCUT2D eigenvalue weighted by Gasteiger charge is -2.46. The quantitative estimate of drug-likeness (QED) is 0.903. The third-order valence-corrected chi connectivity index (χ3v) is 4.27. The van der Waals surface area contributed by atoms with E-state index in [1.165, 1.54) is 12.0 Å². The Morgan fingerprint density at radius 2 is 2.32 bits per heavy atom. The maximum Gasteiger partial charge on any atom is 0.0312 e. The Labute approximate surface area is 117 Å². The predicted octanol–water partition coefficient (Wildman–Crippen LogP) is 2.68. The molecule has 2 rings (SSSR count). The zero-order valence-corrected chi connectivity index (χ0v) is 12.7. The summed E-state index contributed by atoms with van der Waals surface area (Å²) in [5, 5.41) is 3.68. The van der Waals surface area contributed by atoms with E-state index in [-0.39, 0.29) is 5.54 Å². The molecule has 3 nitrogen and oxygen atoms in total. The van der Waals surface area contributed by atoms with Crippen molar-refractivity contribution in [3.8, 4) is 0 Å². The molecule has 1 aliphatic rings. The number of piperazine rings is 1. The fourth-order valence-corrected chi connectivity index (χ4v) is 2.92. The topological polar surface area (TPSA) is 28.2 Å². The van der Waals surface area contributed by atoms with Gasteiger partial charge in [-0.1, -0.05) is 26.3 Å². The normalized spacial score (nSPS) is 25.2. The number of nitrogens with zero attached hydrogens (tertiary/aromatic N) is 2. The molecule has 19 heavy (non-hydrogen) atoms. The van der Waals surface area contributed by atoms with Gasteiger partial charge in [0.25, 0.3) is 0 Å². The first-order valence-electron chi connectivity index (χ1n) is 7.40. The van der Waals surface area contributed by atoms with Gasteiger partial charge in [0.05, 0.1) is 0 Å². The summed E-state index contributed by atoms with van der Waals surface area (Å²) in [6, 6.07) is 4.83. The molecule has 1 fully saturated rings. The highest BCUT2D eigenvalue weighted by molar-refractivity contribution is 5.09. The Morgan fingerprint density at radius 3 is 2.95 bits per heavy atom. The average Bonchev–Trinajstić information content (AvgIpc) is 2.38. The van der Waals surface area contributed by atoms with Gasteiger partial charge in [0.2, 0.25) is 0 Å². The smallest absolute Gasteiger partial charge is 0.0312 e. The molecule has 0 aliphatic carbocycles. The fourth-order valence-electron chi connectivity index (χ4n) is 2.92. The maximum atomic E-state index is 4.23. The second kappa shape index (κ2) is 6.02. The summed E-state index contributed by atoms with van der Waals surface area (Å²) >= 11 is 0. The monoisotopic (exact) mass is 261 g/mol. The summed E-state index contributed by atoms with van der Waals surface area (Å²) in [4.78, 5) is 6.86. The molecule has 3 heteroatoms. The number of nitrogens with one attached hydrogen (secondary N) is 1. The molecule has 106 valence electrons. The van der Waals surface area contributed by atoms with Crippen molar-refractivity contribution < 1.29 is 0 Å². The third kappa shape index (κ3) is 3.77. The SMILES string of the molecule is CCC(C)C1CNC(C)(C)CN1Cc1cccnc1. The van der Waals surface area contributed by atoms with Gasteiger partial charge >= 0.3 is 0 Å². The lowest BCUT2D eigenvalue weighted by Crippen LogP contribution is -2.62. The highest BCUT2D eigenvalue weighted by Gasteiger charge is 2.34. The van der Waals surface area contributed by atoms with Crippen molar-refractivity contribution in [2.24, 2.45) is 5.92 Å². The summed E-state index contributed by atoms with van der Waals surface area (Å²) in [6.45, 7) is 12.4. The molecule has 1 N–H and O–H groups in total. The van der Waals surface area contributed by atoms with Gasteiger partial charge in [-0.15, -0.1) is 0 Å². The molecular formula is C16H27N3. The van der Waals surface area contributed by atoms with E-state index in [0.717, 1.165) is 25.6 Å². The molecular weight excluding hydrogens is 234 g/mol. The summed E-state index contributed by atoms with van der Waals surface area (Å²) < 4.78 is 0. The van der Waals surface area contributed by atoms with Crippen LogP contribution in [0.25, 0.3) is 0 Å². The van der Waals surface area contributed by atoms with E-state index in [2.05, 4.69) is 49.0 Å². The minimum Gasteiger partial charge on any atom is -0.309 e. The van der Waals surface area contributed by atoms with Crippen LogP contribution in [0.2, 0.25) is 0 Å². The van der Waals surface area contributed by atoms with Crippen LogP contribution in [-0.2, 0) is 6.54 Å². The summed E-state index contributed by atoms with van der Waals surface area (Å²) in [5.41, 5.74) is 1.51. The molecule has 0 aromatic carbocycles. The van der Waals surface area contributed by atoms with E-state index < -0.39 is 0 Å². The van der Waals surface area contributed by atoms with Crippen LogP contribution in [0.5, 0.6) is 0 Å². The minimum absolute atomic E-state index is 0.201. The summed E-state index contributed by atoms with van der Waals surface area (Å²) in [5.74, 6) is 0.722. The van der Waals surface area contributed by atoms with E-state index >= 15 is 0 Å². The van der Waals surface area contributed by atoms with Crippen LogP contribution in [0.3, 0.4) is 0 Å². The molecule has 1 aliphatic heterocycles. The van der Waals surface area contributed by atoms with Gasteiger partial charge in [-0.2, -0.15) is 0 Å². The highest BCUT2D eigenvalue weighted by Crippen LogP contribution is 2.23. The lowest BCUT2D eigenvalue weighted by molar-refractivity contribution is 0.0570. The fraction of sp³-hybridized carbons (Fsp3) is 0.688. The first kappa shape index (κ1) is 14.5. The van der Waals surface area contributed by atoms with Gasteiger partial charge in [-0.25, -0.2) is 0 Å². The Kier molecular flexibility index (Phi) is 4.58. The van der Waals surface area contributed by atoms with Crippen LogP contribution in [0.1, 0.15) is 39.7 Å². The lowest BCUT2D eigenvalue weighted by atomic mass is 9.90. The largest absolute Gasteiger partial charge is 0.309 e. The zero-order valence-electron chi connectivity index (χ0n) is 12.7. The van der Waals surface area contributed by atoms with Crippen molar-refractivity contribution in [3.63, 3.8) is 0 Å². The van der Waals surface area contributed by atoms with E-state index in [4.69, 9.17) is 0 Å². The van der Waals surface area contributed by atoms with E-state index in [9.17, 15) is 0 Å². The van der Waals surface area contributed by atoms with Crippen molar-refractivity contribution in [3.05, 3.63) is 30.1 Å². The summed E-state index contributed by atoms with van der Waals surface area (Å²) in [7, 11) is 0. The number of hydrogen-bond donors (Lipinski definition) is 1. The molecule has 0 radical (unpaired) electrons. The molecule has 2 heterocycles. The predicted molar refractivity (Wildman–Crippen MR) is 80.0 cm³/mol. The van der Waals surface area contributed by atoms with Crippen molar-refractivity contribution >= 4 is 0 Å². The molecule has 0 spiro atoms. The molecule has 0 saturated carbocycles. The summed E-state index contributed by atoms with van der Waals surface area (Å²) in [6.07, 6.45) is 5.07. The van der Waals surface area contributed by atoms with Crippen molar-refractivity contribution in [1.82, 2.24) is 15.2 Å². The first-order valence-corrected chi connectivity index (χ1v) is 7.40. The number of pyridine rings is 1. The van der Waals surface area contributed by atoms with Crippen LogP contribution >= 0.6 is 0 Å². The molecule has 0 amide bonds. The van der Waals surface area contributed by atoms with Gasteiger partial charge < -0.3 is 5.32 Å². The third-order valence-electron chi connectivity index (χ3n) is 4.27. The van der Waals surface area contributed by atoms with Crippen molar-refractivity contribution in [1.29, 1.82) is 0 Å². The first-order chi connectivity index (χ1) is 9.02. The van der Waals surface area contributed by atoms with Crippen LogP contribution in [0, 0.1) is 5.92 Å². The molecule has 1 aromatic rings. The van der Waals surface area contributed by atoms with Gasteiger partial charge in [0, 0.05) is 43.6 Å². The minimum atomic E-state index is 0.201. The standard InChI is InChI=1S/C16H27N3/c1-5-13(2)15-10-18-16(3,4)12-19(15)11-14-7-6-8-17-9-14/h6-9,13,15,18H,5,10-12H2,1-4H3. The Balaban J connectivity index is 2.11. The van der Waals surface area contributed by atoms with Crippen LogP contribution < -0.4 is 5.32 Å². The Morgan fingerprint density at radius 1 is 1.53 bits per heavy atom. The number of hydrogen-bond acceptors (Lipinski definition) is 3. The second-order valence-electron chi connectivity index (χ2n) is 6.48. The van der Waals surface area contributed by atoms with E-state index in [0.29, 0.717) is 6.04 Å². The maximum absolute atomic E-state index is 4.23. The second-order valence-corrected chi connectivity index (χ2v) is 6.48. The van der Waals surface area contributed by atoms with Gasteiger partial charge in [0.1, 0.15) is 0 Å². The molecule has 1 saturated heterocycles. The number of rotatable bonds is 4. The van der Waals surface area contributed by atoms with Crippen LogP contribution in [-0.4, -0.2) is 34.6 Å². The van der Waals surface area contributed by atoms with Gasteiger partial charge in [0.15, 0.2) is 0 Å². The van der Waals surface area contributed by atoms with E-state index in [1.54, 1.807) is 0 Å². The molecule has 0 bridgehead atoms. The Bertz CT molecular complexity index is 388. The molecule has 1 aromatic heterocycles. The van der Waals surface area contributed by atoms with Gasteiger partial charge in [-0.05, 0) is 31.4 Å². The highest BCUT2D eigenvalue weighted by atomic mass is 15.2. The number of aromatic nitrogens is 1. The zero-order chi connectivity index (χ0) is 13.9. The average molecular weight is 261 g/mol. The molecule has 2 unspecified atom stereocenters. The van der Waals surface area contributed by atoms with Crippen LogP contribution in [0.15, 0.2) is 24.5 Å². The molecule has 2 atom stereocenters. The van der Waals surface area contributed by atoms with Crippen molar-refractivity contribution in [2.45, 2.75) is 52.2 Å². The van der Waals surface area contributed by atoms with E-state index in [1.807, 2.05) is 18.5 Å². The van der Waals surface area contributed by atoms with Crippen LogP contribution in [0.4, 0.5) is 0 Å². The Hall–Kier alpha value is -0.930. The van der Waals surface area contributed by atoms with Crippen molar-refractivity contribution in [2.75, 3.05) is 13.1 Å². The van der Waals surface area contributed by atoms with Gasteiger partial charge in [-0.3, -0.25) is 9.88 Å².